The Labute approximate surface area is 163 Å². The van der Waals surface area contributed by atoms with Crippen LogP contribution in [0.5, 0.6) is 0 Å². The Morgan fingerprint density at radius 3 is 2.54 bits per heavy atom. The molecule has 4 rings (SSSR count). The number of benzene rings is 2. The van der Waals surface area contributed by atoms with Crippen LogP contribution in [0.1, 0.15) is 27.2 Å². The molecule has 0 bridgehead atoms. The van der Waals surface area contributed by atoms with E-state index in [1.54, 1.807) is 35.4 Å². The largest absolute Gasteiger partial charge is 0.334 e. The van der Waals surface area contributed by atoms with Crippen LogP contribution in [0.4, 0.5) is 5.69 Å². The number of aromatic amines is 1. The number of sulfonamides is 1. The van der Waals surface area contributed by atoms with Gasteiger partial charge < -0.3 is 4.90 Å². The van der Waals surface area contributed by atoms with Crippen molar-refractivity contribution in [1.29, 1.82) is 0 Å². The van der Waals surface area contributed by atoms with Crippen LogP contribution in [-0.2, 0) is 23.0 Å². The third kappa shape index (κ3) is 3.63. The minimum absolute atomic E-state index is 0.111. The van der Waals surface area contributed by atoms with E-state index in [9.17, 15) is 13.2 Å². The van der Waals surface area contributed by atoms with Crippen molar-refractivity contribution in [2.24, 2.45) is 0 Å². The monoisotopic (exact) mass is 396 g/mol. The van der Waals surface area contributed by atoms with Crippen LogP contribution in [0.3, 0.4) is 0 Å². The van der Waals surface area contributed by atoms with Gasteiger partial charge in [0.25, 0.3) is 15.9 Å². The standard InChI is InChI=1S/C20H20N4O3S/c1-14-2-6-17(7-3-14)23-28(26,27)18-8-4-15(5-9-18)20(25)24-11-10-19-16(13-24)12-21-22-19/h2-9,12,23H,10-11,13H2,1H3,(H,21,22). The van der Waals surface area contributed by atoms with E-state index in [-0.39, 0.29) is 10.8 Å². The normalized spacial score (nSPS) is 13.8. The number of nitrogens with zero attached hydrogens (tertiary/aromatic N) is 2. The maximum Gasteiger partial charge on any atom is 0.261 e. The van der Waals surface area contributed by atoms with Gasteiger partial charge >= 0.3 is 0 Å². The summed E-state index contributed by atoms with van der Waals surface area (Å²) in [6, 6.07) is 13.1. The molecular formula is C20H20N4O3S. The van der Waals surface area contributed by atoms with Crippen molar-refractivity contribution in [2.75, 3.05) is 11.3 Å². The number of nitrogens with one attached hydrogen (secondary N) is 2. The summed E-state index contributed by atoms with van der Waals surface area (Å²) in [7, 11) is -3.71. The van der Waals surface area contributed by atoms with Crippen LogP contribution >= 0.6 is 0 Å². The average Bonchev–Trinajstić information content (AvgIpc) is 3.17. The second kappa shape index (κ2) is 7.12. The number of fused-ring (bicyclic) bond motifs is 1. The van der Waals surface area contributed by atoms with Crippen LogP contribution in [0.25, 0.3) is 0 Å². The smallest absolute Gasteiger partial charge is 0.261 e. The molecule has 28 heavy (non-hydrogen) atoms. The number of hydrogen-bond acceptors (Lipinski definition) is 4. The molecule has 1 aromatic heterocycles. The molecule has 0 unspecified atom stereocenters. The molecule has 8 heteroatoms. The molecule has 0 fully saturated rings. The van der Waals surface area contributed by atoms with Crippen molar-refractivity contribution in [3.8, 4) is 0 Å². The topological polar surface area (TPSA) is 95.2 Å². The highest BCUT2D eigenvalue weighted by Gasteiger charge is 2.23. The highest BCUT2D eigenvalue weighted by atomic mass is 32.2. The predicted octanol–water partition coefficient (Wildman–Crippen LogP) is 2.72. The van der Waals surface area contributed by atoms with Gasteiger partial charge in [-0.15, -0.1) is 0 Å². The molecule has 0 radical (unpaired) electrons. The van der Waals surface area contributed by atoms with Crippen molar-refractivity contribution in [1.82, 2.24) is 15.1 Å². The van der Waals surface area contributed by atoms with E-state index in [2.05, 4.69) is 14.9 Å². The van der Waals surface area contributed by atoms with Gasteiger partial charge in [-0.3, -0.25) is 14.6 Å². The SMILES string of the molecule is Cc1ccc(NS(=O)(=O)c2ccc(C(=O)N3CCc4[nH]ncc4C3)cc2)cc1. The minimum Gasteiger partial charge on any atom is -0.334 e. The fourth-order valence-corrected chi connectivity index (χ4v) is 4.25. The number of rotatable bonds is 4. The summed E-state index contributed by atoms with van der Waals surface area (Å²) in [6.07, 6.45) is 2.47. The number of aromatic nitrogens is 2. The molecular weight excluding hydrogens is 376 g/mol. The molecule has 0 spiro atoms. The van der Waals surface area contributed by atoms with Crippen LogP contribution < -0.4 is 4.72 Å². The number of anilines is 1. The zero-order chi connectivity index (χ0) is 19.7. The molecule has 2 N–H and O–H groups in total. The third-order valence-corrected chi connectivity index (χ3v) is 6.20. The van der Waals surface area contributed by atoms with E-state index in [4.69, 9.17) is 0 Å². The van der Waals surface area contributed by atoms with Gasteiger partial charge in [0.15, 0.2) is 0 Å². The number of amides is 1. The molecule has 1 aliphatic heterocycles. The van der Waals surface area contributed by atoms with Gasteiger partial charge in [-0.05, 0) is 43.3 Å². The van der Waals surface area contributed by atoms with Crippen molar-refractivity contribution in [2.45, 2.75) is 24.8 Å². The van der Waals surface area contributed by atoms with Crippen molar-refractivity contribution in [3.63, 3.8) is 0 Å². The summed E-state index contributed by atoms with van der Waals surface area (Å²) >= 11 is 0. The fourth-order valence-electron chi connectivity index (χ4n) is 3.19. The van der Waals surface area contributed by atoms with Gasteiger partial charge in [-0.2, -0.15) is 5.10 Å². The molecule has 0 atom stereocenters. The molecule has 0 saturated heterocycles. The Morgan fingerprint density at radius 2 is 1.82 bits per heavy atom. The Morgan fingerprint density at radius 1 is 1.11 bits per heavy atom. The lowest BCUT2D eigenvalue weighted by atomic mass is 10.1. The molecule has 1 amide bonds. The highest BCUT2D eigenvalue weighted by Crippen LogP contribution is 2.20. The Kier molecular flexibility index (Phi) is 4.64. The van der Waals surface area contributed by atoms with Gasteiger partial charge in [0.05, 0.1) is 11.1 Å². The number of aryl methyl sites for hydroxylation is 1. The first-order chi connectivity index (χ1) is 13.4. The lowest BCUT2D eigenvalue weighted by Crippen LogP contribution is -2.35. The first-order valence-electron chi connectivity index (χ1n) is 8.92. The van der Waals surface area contributed by atoms with Gasteiger partial charge in [-0.1, -0.05) is 17.7 Å². The summed E-state index contributed by atoms with van der Waals surface area (Å²) < 4.78 is 27.7. The summed E-state index contributed by atoms with van der Waals surface area (Å²) in [5.41, 5.74) is 4.08. The molecule has 0 aliphatic carbocycles. The first kappa shape index (κ1) is 18.2. The molecule has 0 saturated carbocycles. The minimum atomic E-state index is -3.71. The number of carbonyl (C=O) groups is 1. The second-order valence-electron chi connectivity index (χ2n) is 6.85. The van der Waals surface area contributed by atoms with Gasteiger partial charge in [-0.25, -0.2) is 8.42 Å². The highest BCUT2D eigenvalue weighted by molar-refractivity contribution is 7.92. The number of hydrogen-bond donors (Lipinski definition) is 2. The van der Waals surface area contributed by atoms with Crippen LogP contribution in [0.15, 0.2) is 59.6 Å². The molecule has 144 valence electrons. The quantitative estimate of drug-likeness (QED) is 0.709. The Hall–Kier alpha value is -3.13. The van der Waals surface area contributed by atoms with E-state index in [1.165, 1.54) is 12.1 Å². The average molecular weight is 396 g/mol. The molecule has 2 heterocycles. The van der Waals surface area contributed by atoms with Crippen LogP contribution in [0.2, 0.25) is 0 Å². The van der Waals surface area contributed by atoms with E-state index >= 15 is 0 Å². The summed E-state index contributed by atoms with van der Waals surface area (Å²) in [6.45, 7) is 3.03. The molecule has 2 aromatic carbocycles. The maximum atomic E-state index is 12.7. The number of H-pyrrole nitrogens is 1. The van der Waals surface area contributed by atoms with Crippen molar-refractivity contribution >= 4 is 21.6 Å². The van der Waals surface area contributed by atoms with Gasteiger partial charge in [0.1, 0.15) is 0 Å². The fraction of sp³-hybridized carbons (Fsp3) is 0.200. The van der Waals surface area contributed by atoms with E-state index in [0.29, 0.717) is 24.3 Å². The molecule has 3 aromatic rings. The second-order valence-corrected chi connectivity index (χ2v) is 8.53. The summed E-state index contributed by atoms with van der Waals surface area (Å²) in [5, 5.41) is 6.95. The van der Waals surface area contributed by atoms with Gasteiger partial charge in [0.2, 0.25) is 0 Å². The van der Waals surface area contributed by atoms with E-state index < -0.39 is 10.0 Å². The zero-order valence-corrected chi connectivity index (χ0v) is 16.2. The lowest BCUT2D eigenvalue weighted by Gasteiger charge is -2.26. The Balaban J connectivity index is 1.49. The van der Waals surface area contributed by atoms with Crippen LogP contribution in [0, 0.1) is 6.92 Å². The maximum absolute atomic E-state index is 12.7. The Bertz CT molecular complexity index is 1100. The predicted molar refractivity (Wildman–Crippen MR) is 105 cm³/mol. The number of carbonyl (C=O) groups excluding carboxylic acids is 1. The molecule has 1 aliphatic rings. The first-order valence-corrected chi connectivity index (χ1v) is 10.4. The zero-order valence-electron chi connectivity index (χ0n) is 15.3. The summed E-state index contributed by atoms with van der Waals surface area (Å²) in [4.78, 5) is 14.6. The van der Waals surface area contributed by atoms with Crippen molar-refractivity contribution in [3.05, 3.63) is 77.1 Å². The van der Waals surface area contributed by atoms with E-state index in [0.717, 1.165) is 23.2 Å². The third-order valence-electron chi connectivity index (χ3n) is 4.80. The molecule has 7 nitrogen and oxygen atoms in total. The van der Waals surface area contributed by atoms with Gasteiger partial charge in [0, 0.05) is 42.0 Å². The summed E-state index contributed by atoms with van der Waals surface area (Å²) in [5.74, 6) is -0.123. The van der Waals surface area contributed by atoms with Crippen LogP contribution in [-0.4, -0.2) is 36.0 Å². The lowest BCUT2D eigenvalue weighted by molar-refractivity contribution is 0.0734. The van der Waals surface area contributed by atoms with E-state index in [1.807, 2.05) is 19.1 Å². The van der Waals surface area contributed by atoms with Crippen molar-refractivity contribution < 1.29 is 13.2 Å².